The zero-order chi connectivity index (χ0) is 20.8. The van der Waals surface area contributed by atoms with Gasteiger partial charge in [0, 0.05) is 44.2 Å². The van der Waals surface area contributed by atoms with Crippen molar-refractivity contribution in [2.24, 2.45) is 0 Å². The van der Waals surface area contributed by atoms with Crippen molar-refractivity contribution in [1.29, 1.82) is 0 Å². The SMILES string of the molecule is O=C(CCNC(=O)c1ccc(F)cc1F)Nc1cccc(CN2CCCC2=O)c1. The minimum Gasteiger partial charge on any atom is -0.351 e. The van der Waals surface area contributed by atoms with Gasteiger partial charge in [-0.25, -0.2) is 8.78 Å². The highest BCUT2D eigenvalue weighted by Crippen LogP contribution is 2.17. The van der Waals surface area contributed by atoms with Gasteiger partial charge in [0.1, 0.15) is 11.6 Å². The van der Waals surface area contributed by atoms with E-state index in [1.54, 1.807) is 23.1 Å². The van der Waals surface area contributed by atoms with Crippen molar-refractivity contribution in [2.45, 2.75) is 25.8 Å². The summed E-state index contributed by atoms with van der Waals surface area (Å²) in [5, 5.41) is 5.17. The molecule has 0 bridgehead atoms. The molecule has 1 saturated heterocycles. The van der Waals surface area contributed by atoms with Gasteiger partial charge in [-0.15, -0.1) is 0 Å². The molecule has 0 unspecified atom stereocenters. The van der Waals surface area contributed by atoms with Crippen LogP contribution in [0.2, 0.25) is 0 Å². The number of hydrogen-bond acceptors (Lipinski definition) is 3. The number of rotatable bonds is 7. The quantitative estimate of drug-likeness (QED) is 0.749. The number of nitrogens with zero attached hydrogens (tertiary/aromatic N) is 1. The Morgan fingerprint density at radius 1 is 1.10 bits per heavy atom. The summed E-state index contributed by atoms with van der Waals surface area (Å²) < 4.78 is 26.5. The van der Waals surface area contributed by atoms with E-state index >= 15 is 0 Å². The van der Waals surface area contributed by atoms with Crippen LogP contribution in [0.25, 0.3) is 0 Å². The molecule has 0 spiro atoms. The lowest BCUT2D eigenvalue weighted by Gasteiger charge is -2.16. The van der Waals surface area contributed by atoms with Gasteiger partial charge in [-0.1, -0.05) is 12.1 Å². The molecule has 2 aromatic carbocycles. The fourth-order valence-electron chi connectivity index (χ4n) is 3.12. The summed E-state index contributed by atoms with van der Waals surface area (Å²) in [6.07, 6.45) is 1.43. The van der Waals surface area contributed by atoms with Crippen molar-refractivity contribution < 1.29 is 23.2 Å². The molecule has 1 aliphatic heterocycles. The van der Waals surface area contributed by atoms with Gasteiger partial charge in [0.2, 0.25) is 11.8 Å². The number of nitrogens with one attached hydrogen (secondary N) is 2. The molecule has 1 heterocycles. The Balaban J connectivity index is 1.47. The summed E-state index contributed by atoms with van der Waals surface area (Å²) >= 11 is 0. The van der Waals surface area contributed by atoms with Gasteiger partial charge in [0.05, 0.1) is 5.56 Å². The van der Waals surface area contributed by atoms with E-state index in [4.69, 9.17) is 0 Å². The molecule has 0 aromatic heterocycles. The molecule has 8 heteroatoms. The normalized spacial score (nSPS) is 13.4. The largest absolute Gasteiger partial charge is 0.351 e. The molecule has 0 radical (unpaired) electrons. The number of anilines is 1. The maximum absolute atomic E-state index is 13.6. The Labute approximate surface area is 166 Å². The third kappa shape index (κ3) is 5.60. The van der Waals surface area contributed by atoms with E-state index in [0.717, 1.165) is 30.7 Å². The van der Waals surface area contributed by atoms with Crippen LogP contribution < -0.4 is 10.6 Å². The van der Waals surface area contributed by atoms with Crippen LogP contribution in [-0.2, 0) is 16.1 Å². The highest BCUT2D eigenvalue weighted by atomic mass is 19.1. The van der Waals surface area contributed by atoms with E-state index in [1.807, 2.05) is 6.07 Å². The Morgan fingerprint density at radius 2 is 1.93 bits per heavy atom. The summed E-state index contributed by atoms with van der Waals surface area (Å²) in [7, 11) is 0. The van der Waals surface area contributed by atoms with Gasteiger partial charge in [0.25, 0.3) is 5.91 Å². The van der Waals surface area contributed by atoms with Crippen LogP contribution in [0.5, 0.6) is 0 Å². The number of amides is 3. The molecule has 29 heavy (non-hydrogen) atoms. The van der Waals surface area contributed by atoms with Crippen LogP contribution in [0, 0.1) is 11.6 Å². The number of carbonyl (C=O) groups excluding carboxylic acids is 3. The van der Waals surface area contributed by atoms with E-state index in [1.165, 1.54) is 0 Å². The molecule has 3 rings (SSSR count). The molecule has 0 saturated carbocycles. The lowest BCUT2D eigenvalue weighted by molar-refractivity contribution is -0.128. The summed E-state index contributed by atoms with van der Waals surface area (Å²) in [5.41, 5.74) is 1.23. The third-order valence-corrected chi connectivity index (χ3v) is 4.57. The maximum Gasteiger partial charge on any atom is 0.254 e. The second-order valence-electron chi connectivity index (χ2n) is 6.80. The zero-order valence-corrected chi connectivity index (χ0v) is 15.7. The predicted octanol–water partition coefficient (Wildman–Crippen LogP) is 2.85. The zero-order valence-electron chi connectivity index (χ0n) is 15.7. The van der Waals surface area contributed by atoms with Crippen molar-refractivity contribution in [3.05, 3.63) is 65.2 Å². The Kier molecular flexibility index (Phi) is 6.54. The molecule has 2 N–H and O–H groups in total. The second-order valence-corrected chi connectivity index (χ2v) is 6.80. The van der Waals surface area contributed by atoms with E-state index in [0.29, 0.717) is 24.7 Å². The molecule has 0 aliphatic carbocycles. The second kappa shape index (κ2) is 9.27. The Morgan fingerprint density at radius 3 is 2.66 bits per heavy atom. The average molecular weight is 401 g/mol. The number of likely N-dealkylation sites (tertiary alicyclic amines) is 1. The fourth-order valence-corrected chi connectivity index (χ4v) is 3.12. The van der Waals surface area contributed by atoms with Crippen LogP contribution in [0.3, 0.4) is 0 Å². The molecule has 0 atom stereocenters. The summed E-state index contributed by atoms with van der Waals surface area (Å²) in [6, 6.07) is 9.90. The average Bonchev–Trinajstić information content (AvgIpc) is 3.06. The van der Waals surface area contributed by atoms with Crippen molar-refractivity contribution >= 4 is 23.4 Å². The Hall–Kier alpha value is -3.29. The van der Waals surface area contributed by atoms with Gasteiger partial charge in [-0.3, -0.25) is 14.4 Å². The Bertz CT molecular complexity index is 933. The van der Waals surface area contributed by atoms with Crippen LogP contribution >= 0.6 is 0 Å². The lowest BCUT2D eigenvalue weighted by Crippen LogP contribution is -2.28. The fraction of sp³-hybridized carbons (Fsp3) is 0.286. The molecular weight excluding hydrogens is 380 g/mol. The van der Waals surface area contributed by atoms with E-state index in [9.17, 15) is 23.2 Å². The first-order valence-electron chi connectivity index (χ1n) is 9.32. The predicted molar refractivity (Wildman–Crippen MR) is 103 cm³/mol. The van der Waals surface area contributed by atoms with E-state index < -0.39 is 17.5 Å². The number of halogens is 2. The van der Waals surface area contributed by atoms with Gasteiger partial charge in [-0.2, -0.15) is 0 Å². The first-order chi connectivity index (χ1) is 13.9. The molecule has 1 fully saturated rings. The molecular formula is C21H21F2N3O3. The summed E-state index contributed by atoms with van der Waals surface area (Å²) in [4.78, 5) is 37.5. The van der Waals surface area contributed by atoms with Crippen LogP contribution in [0.15, 0.2) is 42.5 Å². The number of carbonyl (C=O) groups is 3. The van der Waals surface area contributed by atoms with Gasteiger partial charge < -0.3 is 15.5 Å². The van der Waals surface area contributed by atoms with Gasteiger partial charge >= 0.3 is 0 Å². The molecule has 2 aromatic rings. The highest BCUT2D eigenvalue weighted by molar-refractivity contribution is 5.95. The smallest absolute Gasteiger partial charge is 0.254 e. The van der Waals surface area contributed by atoms with Gasteiger partial charge in [0.15, 0.2) is 0 Å². The first kappa shape index (κ1) is 20.4. The lowest BCUT2D eigenvalue weighted by atomic mass is 10.2. The molecule has 152 valence electrons. The maximum atomic E-state index is 13.6. The van der Waals surface area contributed by atoms with Crippen molar-refractivity contribution in [2.75, 3.05) is 18.4 Å². The molecule has 1 aliphatic rings. The summed E-state index contributed by atoms with van der Waals surface area (Å²) in [5.74, 6) is -2.63. The van der Waals surface area contributed by atoms with Crippen LogP contribution in [0.1, 0.15) is 35.2 Å². The van der Waals surface area contributed by atoms with E-state index in [2.05, 4.69) is 10.6 Å². The monoisotopic (exact) mass is 401 g/mol. The number of hydrogen-bond donors (Lipinski definition) is 2. The standard InChI is InChI=1S/C21H21F2N3O3/c22-15-6-7-17(18(23)12-15)21(29)24-9-8-19(27)25-16-4-1-3-14(11-16)13-26-10-2-5-20(26)28/h1,3-4,6-7,11-12H,2,5,8-10,13H2,(H,24,29)(H,25,27). The van der Waals surface area contributed by atoms with Crippen molar-refractivity contribution in [3.63, 3.8) is 0 Å². The van der Waals surface area contributed by atoms with Crippen molar-refractivity contribution in [1.82, 2.24) is 10.2 Å². The van der Waals surface area contributed by atoms with E-state index in [-0.39, 0.29) is 30.3 Å². The topological polar surface area (TPSA) is 78.5 Å². The highest BCUT2D eigenvalue weighted by Gasteiger charge is 2.20. The first-order valence-corrected chi connectivity index (χ1v) is 9.32. The minimum atomic E-state index is -0.958. The molecule has 3 amide bonds. The number of benzene rings is 2. The van der Waals surface area contributed by atoms with Crippen LogP contribution in [-0.4, -0.2) is 35.7 Å². The van der Waals surface area contributed by atoms with Crippen LogP contribution in [0.4, 0.5) is 14.5 Å². The van der Waals surface area contributed by atoms with Gasteiger partial charge in [-0.05, 0) is 36.2 Å². The summed E-state index contributed by atoms with van der Waals surface area (Å²) in [6.45, 7) is 1.25. The molecule has 6 nitrogen and oxygen atoms in total. The van der Waals surface area contributed by atoms with Crippen molar-refractivity contribution in [3.8, 4) is 0 Å². The minimum absolute atomic E-state index is 0.00343. The third-order valence-electron chi connectivity index (χ3n) is 4.57.